The van der Waals surface area contributed by atoms with Crippen molar-refractivity contribution in [3.63, 3.8) is 0 Å². The van der Waals surface area contributed by atoms with Gasteiger partial charge in [0.1, 0.15) is 0 Å². The lowest BCUT2D eigenvalue weighted by molar-refractivity contribution is -0.143. The molecule has 1 aromatic heterocycles. The summed E-state index contributed by atoms with van der Waals surface area (Å²) in [6.45, 7) is 7.76. The van der Waals surface area contributed by atoms with Crippen molar-refractivity contribution in [1.29, 1.82) is 0 Å². The molecule has 1 atom stereocenters. The lowest BCUT2D eigenvalue weighted by Gasteiger charge is -2.25. The maximum atomic E-state index is 13.7. The third-order valence-corrected chi connectivity index (χ3v) is 7.11. The fourth-order valence-corrected chi connectivity index (χ4v) is 5.69. The molecule has 7 nitrogen and oxygen atoms in total. The molecule has 0 N–H and O–H groups in total. The Morgan fingerprint density at radius 3 is 2.61 bits per heavy atom. The SMILES string of the molecule is CCOc1c(Br)cc(C=c2sc3n(c2=O)C(c2ccccc2)C(C(=O)OC(C)C)=C(C)N=3)cc1OC. The Bertz CT molecular complexity index is 1510. The van der Waals surface area contributed by atoms with Crippen LogP contribution in [-0.4, -0.2) is 30.4 Å². The lowest BCUT2D eigenvalue weighted by Crippen LogP contribution is -2.40. The van der Waals surface area contributed by atoms with E-state index in [0.29, 0.717) is 38.7 Å². The summed E-state index contributed by atoms with van der Waals surface area (Å²) in [5, 5.41) is 0. The van der Waals surface area contributed by atoms with Gasteiger partial charge in [0.05, 0.1) is 46.1 Å². The Labute approximate surface area is 221 Å². The lowest BCUT2D eigenvalue weighted by atomic mass is 9.96. The van der Waals surface area contributed by atoms with E-state index in [-0.39, 0.29) is 11.7 Å². The molecule has 0 radical (unpaired) electrons. The zero-order valence-corrected chi connectivity index (χ0v) is 23.1. The fraction of sp³-hybridized carbons (Fsp3) is 0.296. The van der Waals surface area contributed by atoms with E-state index in [9.17, 15) is 9.59 Å². The fourth-order valence-electron chi connectivity index (χ4n) is 4.07. The summed E-state index contributed by atoms with van der Waals surface area (Å²) in [5.41, 5.74) is 2.23. The highest BCUT2D eigenvalue weighted by molar-refractivity contribution is 9.10. The van der Waals surface area contributed by atoms with Gasteiger partial charge in [-0.1, -0.05) is 41.7 Å². The third-order valence-electron chi connectivity index (χ3n) is 5.54. The predicted molar refractivity (Wildman–Crippen MR) is 143 cm³/mol. The smallest absolute Gasteiger partial charge is 0.338 e. The largest absolute Gasteiger partial charge is 0.493 e. The van der Waals surface area contributed by atoms with Gasteiger partial charge in [0.25, 0.3) is 5.56 Å². The minimum absolute atomic E-state index is 0.237. The molecule has 0 amide bonds. The van der Waals surface area contributed by atoms with Crippen molar-refractivity contribution < 1.29 is 19.0 Å². The van der Waals surface area contributed by atoms with Crippen molar-refractivity contribution in [3.05, 3.63) is 89.0 Å². The summed E-state index contributed by atoms with van der Waals surface area (Å²) in [5.74, 6) is 0.683. The van der Waals surface area contributed by atoms with Crippen molar-refractivity contribution in [2.75, 3.05) is 13.7 Å². The predicted octanol–water partition coefficient (Wildman–Crippen LogP) is 4.36. The molecule has 0 aliphatic carbocycles. The van der Waals surface area contributed by atoms with E-state index in [4.69, 9.17) is 14.2 Å². The Balaban J connectivity index is 1.91. The van der Waals surface area contributed by atoms with Crippen molar-refractivity contribution in [3.8, 4) is 11.5 Å². The van der Waals surface area contributed by atoms with E-state index in [0.717, 1.165) is 15.6 Å². The molecule has 4 rings (SSSR count). The van der Waals surface area contributed by atoms with Crippen molar-refractivity contribution in [1.82, 2.24) is 4.57 Å². The van der Waals surface area contributed by atoms with E-state index in [1.165, 1.54) is 11.3 Å². The average molecular weight is 571 g/mol. The average Bonchev–Trinajstić information content (AvgIpc) is 3.14. The molecule has 0 saturated heterocycles. The van der Waals surface area contributed by atoms with Gasteiger partial charge in [0.2, 0.25) is 0 Å². The van der Waals surface area contributed by atoms with Crippen molar-refractivity contribution in [2.45, 2.75) is 39.8 Å². The van der Waals surface area contributed by atoms with Gasteiger partial charge in [-0.3, -0.25) is 9.36 Å². The zero-order valence-electron chi connectivity index (χ0n) is 20.7. The number of aromatic nitrogens is 1. The number of ether oxygens (including phenoxy) is 3. The number of thiazole rings is 1. The van der Waals surface area contributed by atoms with Gasteiger partial charge in [-0.05, 0) is 73.0 Å². The first-order valence-corrected chi connectivity index (χ1v) is 13.1. The minimum atomic E-state index is -0.641. The maximum Gasteiger partial charge on any atom is 0.338 e. The molecular weight excluding hydrogens is 544 g/mol. The Hall–Kier alpha value is -3.17. The molecule has 2 aromatic carbocycles. The monoisotopic (exact) mass is 570 g/mol. The Kier molecular flexibility index (Phi) is 7.80. The summed E-state index contributed by atoms with van der Waals surface area (Å²) in [6, 6.07) is 12.5. The molecule has 188 valence electrons. The van der Waals surface area contributed by atoms with Crippen molar-refractivity contribution >= 4 is 39.3 Å². The number of methoxy groups -OCH3 is 1. The van der Waals surface area contributed by atoms with Crippen LogP contribution in [0.5, 0.6) is 11.5 Å². The zero-order chi connectivity index (χ0) is 26.0. The highest BCUT2D eigenvalue weighted by Gasteiger charge is 2.33. The van der Waals surface area contributed by atoms with Crippen LogP contribution < -0.4 is 24.4 Å². The van der Waals surface area contributed by atoms with Gasteiger partial charge in [0.15, 0.2) is 16.3 Å². The highest BCUT2D eigenvalue weighted by atomic mass is 79.9. The van der Waals surface area contributed by atoms with Crippen LogP contribution in [0.15, 0.2) is 68.0 Å². The maximum absolute atomic E-state index is 13.7. The standard InChI is InChI=1S/C27H27BrN2O5S/c1-6-34-24-19(28)12-17(13-20(24)33-5)14-21-25(31)30-23(18-10-8-7-9-11-18)22(26(32)35-15(2)3)16(4)29-27(30)36-21/h7-15,23H,6H2,1-5H3. The summed E-state index contributed by atoms with van der Waals surface area (Å²) in [6.07, 6.45) is 1.49. The molecule has 0 fully saturated rings. The van der Waals surface area contributed by atoms with E-state index in [1.807, 2.05) is 49.4 Å². The van der Waals surface area contributed by atoms with Gasteiger partial charge in [0, 0.05) is 0 Å². The number of rotatable bonds is 7. The van der Waals surface area contributed by atoms with Crippen LogP contribution in [-0.2, 0) is 9.53 Å². The third kappa shape index (κ3) is 5.03. The van der Waals surface area contributed by atoms with Gasteiger partial charge < -0.3 is 14.2 Å². The number of carbonyl (C=O) groups is 1. The summed E-state index contributed by atoms with van der Waals surface area (Å²) >= 11 is 4.81. The van der Waals surface area contributed by atoms with Crippen LogP contribution >= 0.6 is 27.3 Å². The summed E-state index contributed by atoms with van der Waals surface area (Å²) < 4.78 is 19.5. The number of esters is 1. The van der Waals surface area contributed by atoms with Gasteiger partial charge >= 0.3 is 5.97 Å². The van der Waals surface area contributed by atoms with E-state index in [1.54, 1.807) is 38.5 Å². The second-order valence-electron chi connectivity index (χ2n) is 8.41. The van der Waals surface area contributed by atoms with Crippen LogP contribution in [0.1, 0.15) is 44.9 Å². The van der Waals surface area contributed by atoms with Crippen LogP contribution in [0.2, 0.25) is 0 Å². The topological polar surface area (TPSA) is 79.1 Å². The Morgan fingerprint density at radius 1 is 1.25 bits per heavy atom. The number of benzene rings is 2. The molecule has 2 heterocycles. The van der Waals surface area contributed by atoms with Crippen LogP contribution in [0.3, 0.4) is 0 Å². The summed E-state index contributed by atoms with van der Waals surface area (Å²) in [4.78, 5) is 32.0. The van der Waals surface area contributed by atoms with Crippen LogP contribution in [0.25, 0.3) is 6.08 Å². The number of hydrogen-bond donors (Lipinski definition) is 0. The molecule has 0 bridgehead atoms. The first-order valence-electron chi connectivity index (χ1n) is 11.5. The molecule has 3 aromatic rings. The number of carbonyl (C=O) groups excluding carboxylic acids is 1. The van der Waals surface area contributed by atoms with Crippen LogP contribution in [0, 0.1) is 0 Å². The normalized spacial score (nSPS) is 15.5. The van der Waals surface area contributed by atoms with E-state index in [2.05, 4.69) is 20.9 Å². The molecule has 1 unspecified atom stereocenters. The summed E-state index contributed by atoms with van der Waals surface area (Å²) in [7, 11) is 1.57. The minimum Gasteiger partial charge on any atom is -0.493 e. The quantitative estimate of drug-likeness (QED) is 0.394. The second-order valence-corrected chi connectivity index (χ2v) is 10.3. The van der Waals surface area contributed by atoms with Gasteiger partial charge in [-0.15, -0.1) is 0 Å². The first kappa shape index (κ1) is 25.9. The number of fused-ring (bicyclic) bond motifs is 1. The Morgan fingerprint density at radius 2 is 1.97 bits per heavy atom. The number of nitrogens with zero attached hydrogens (tertiary/aromatic N) is 2. The van der Waals surface area contributed by atoms with Crippen LogP contribution in [0.4, 0.5) is 0 Å². The van der Waals surface area contributed by atoms with Crippen molar-refractivity contribution in [2.24, 2.45) is 4.99 Å². The molecule has 9 heteroatoms. The number of halogens is 1. The first-order chi connectivity index (χ1) is 17.2. The second kappa shape index (κ2) is 10.8. The van der Waals surface area contributed by atoms with E-state index < -0.39 is 12.0 Å². The molecule has 1 aliphatic rings. The molecule has 36 heavy (non-hydrogen) atoms. The molecule has 0 spiro atoms. The molecule has 0 saturated carbocycles. The molecular formula is C27H27BrN2O5S. The number of allylic oxidation sites excluding steroid dienone is 1. The van der Waals surface area contributed by atoms with Gasteiger partial charge in [-0.2, -0.15) is 0 Å². The van der Waals surface area contributed by atoms with Gasteiger partial charge in [-0.25, -0.2) is 9.79 Å². The molecule has 1 aliphatic heterocycles. The number of hydrogen-bond acceptors (Lipinski definition) is 7. The highest BCUT2D eigenvalue weighted by Crippen LogP contribution is 2.37. The van der Waals surface area contributed by atoms with E-state index >= 15 is 0 Å².